The summed E-state index contributed by atoms with van der Waals surface area (Å²) in [5.74, 6) is -0.405. The van der Waals surface area contributed by atoms with Crippen LogP contribution >= 0.6 is 0 Å². The van der Waals surface area contributed by atoms with Gasteiger partial charge in [-0.25, -0.2) is 9.18 Å². The molecule has 2 amide bonds. The first-order valence-corrected chi connectivity index (χ1v) is 8.75. The Kier molecular flexibility index (Phi) is 5.16. The molecular weight excluding hydrogens is 293 g/mol. The molecule has 2 aliphatic rings. The number of urea groups is 1. The van der Waals surface area contributed by atoms with Gasteiger partial charge in [0, 0.05) is 18.1 Å². The number of benzene rings is 1. The minimum atomic E-state index is -0.405. The number of carbonyl (C=O) groups is 1. The molecule has 1 aromatic rings. The zero-order valence-electron chi connectivity index (χ0n) is 13.7. The fraction of sp³-hybridized carbons (Fsp3) is 0.611. The first-order chi connectivity index (χ1) is 11.2. The summed E-state index contributed by atoms with van der Waals surface area (Å²) in [4.78, 5) is 14.8. The lowest BCUT2D eigenvalue weighted by atomic mass is 9.81. The van der Waals surface area contributed by atoms with Gasteiger partial charge >= 0.3 is 6.03 Å². The van der Waals surface area contributed by atoms with E-state index >= 15 is 0 Å². The maximum absolute atomic E-state index is 13.6. The van der Waals surface area contributed by atoms with Crippen LogP contribution in [0.4, 0.5) is 14.9 Å². The standard InChI is InChI=1S/C18H26FN3O/c1-2-10-22-14-6-5-7-15(22)12-13(11-14)20-18(23)21-17-9-4-3-8-16(17)19/h3-4,8-9,13-15H,2,5-7,10-12H2,1H3,(H2,20,21,23)/t14-,15-/m1/s1. The van der Waals surface area contributed by atoms with E-state index in [0.717, 1.165) is 19.4 Å². The SMILES string of the molecule is CCCN1[C@@H]2CCC[C@@H]1CC(NC(=O)Nc1ccccc1F)C2. The molecule has 0 radical (unpaired) electrons. The van der Waals surface area contributed by atoms with Crippen molar-refractivity contribution in [3.8, 4) is 0 Å². The Bertz CT molecular complexity index is 537. The van der Waals surface area contributed by atoms with Crippen molar-refractivity contribution < 1.29 is 9.18 Å². The number of anilines is 1. The molecular formula is C18H26FN3O. The van der Waals surface area contributed by atoms with Crippen LogP contribution in [0.2, 0.25) is 0 Å². The highest BCUT2D eigenvalue weighted by molar-refractivity contribution is 5.89. The van der Waals surface area contributed by atoms with E-state index in [9.17, 15) is 9.18 Å². The number of nitrogens with one attached hydrogen (secondary N) is 2. The molecule has 0 aromatic heterocycles. The molecule has 2 aliphatic heterocycles. The van der Waals surface area contributed by atoms with Gasteiger partial charge in [-0.3, -0.25) is 4.90 Å². The van der Waals surface area contributed by atoms with E-state index in [2.05, 4.69) is 22.5 Å². The molecule has 0 unspecified atom stereocenters. The van der Waals surface area contributed by atoms with Gasteiger partial charge in [0.2, 0.25) is 0 Å². The summed E-state index contributed by atoms with van der Waals surface area (Å²) < 4.78 is 13.6. The second kappa shape index (κ2) is 7.30. The van der Waals surface area contributed by atoms with E-state index in [-0.39, 0.29) is 17.8 Å². The summed E-state index contributed by atoms with van der Waals surface area (Å²) in [6.45, 7) is 3.38. The minimum Gasteiger partial charge on any atom is -0.335 e. The lowest BCUT2D eigenvalue weighted by Gasteiger charge is -2.49. The van der Waals surface area contributed by atoms with Crippen molar-refractivity contribution in [2.24, 2.45) is 0 Å². The van der Waals surface area contributed by atoms with E-state index in [1.54, 1.807) is 18.2 Å². The van der Waals surface area contributed by atoms with E-state index in [1.165, 1.54) is 31.7 Å². The number of hydrogen-bond acceptors (Lipinski definition) is 2. The molecule has 3 rings (SSSR count). The van der Waals surface area contributed by atoms with Crippen molar-refractivity contribution in [3.05, 3.63) is 30.1 Å². The lowest BCUT2D eigenvalue weighted by Crippen LogP contribution is -2.57. The third-order valence-corrected chi connectivity index (χ3v) is 5.06. The molecule has 2 heterocycles. The molecule has 0 spiro atoms. The second-order valence-corrected chi connectivity index (χ2v) is 6.72. The van der Waals surface area contributed by atoms with Gasteiger partial charge in [0.1, 0.15) is 5.82 Å². The summed E-state index contributed by atoms with van der Waals surface area (Å²) in [5.41, 5.74) is 0.230. The Balaban J connectivity index is 1.57. The van der Waals surface area contributed by atoms with Crippen molar-refractivity contribution in [2.45, 2.75) is 63.6 Å². The Morgan fingerprint density at radius 2 is 1.96 bits per heavy atom. The van der Waals surface area contributed by atoms with Gasteiger partial charge in [-0.05, 0) is 50.8 Å². The van der Waals surface area contributed by atoms with Crippen molar-refractivity contribution in [1.29, 1.82) is 0 Å². The van der Waals surface area contributed by atoms with Crippen LogP contribution in [0.1, 0.15) is 45.4 Å². The maximum atomic E-state index is 13.6. The molecule has 2 saturated heterocycles. The van der Waals surface area contributed by atoms with Gasteiger partial charge in [0.25, 0.3) is 0 Å². The van der Waals surface area contributed by atoms with E-state index < -0.39 is 5.82 Å². The predicted octanol–water partition coefficient (Wildman–Crippen LogP) is 3.74. The fourth-order valence-electron chi connectivity index (χ4n) is 4.13. The number of piperidine rings is 2. The quantitative estimate of drug-likeness (QED) is 0.888. The number of amides is 2. The molecule has 2 N–H and O–H groups in total. The molecule has 23 heavy (non-hydrogen) atoms. The van der Waals surface area contributed by atoms with Crippen LogP contribution in [0.15, 0.2) is 24.3 Å². The molecule has 4 nitrogen and oxygen atoms in total. The van der Waals surface area contributed by atoms with Gasteiger partial charge in [-0.1, -0.05) is 25.5 Å². The number of para-hydroxylation sites is 1. The zero-order valence-corrected chi connectivity index (χ0v) is 13.7. The van der Waals surface area contributed by atoms with Crippen molar-refractivity contribution >= 4 is 11.7 Å². The van der Waals surface area contributed by atoms with Gasteiger partial charge in [-0.15, -0.1) is 0 Å². The smallest absolute Gasteiger partial charge is 0.319 e. The summed E-state index contributed by atoms with van der Waals surface area (Å²) in [6, 6.07) is 7.31. The molecule has 2 atom stereocenters. The zero-order chi connectivity index (χ0) is 16.2. The highest BCUT2D eigenvalue weighted by atomic mass is 19.1. The average Bonchev–Trinajstić information content (AvgIpc) is 2.50. The number of nitrogens with zero attached hydrogens (tertiary/aromatic N) is 1. The van der Waals surface area contributed by atoms with Crippen molar-refractivity contribution in [3.63, 3.8) is 0 Å². The van der Waals surface area contributed by atoms with Gasteiger partial charge < -0.3 is 10.6 Å². The van der Waals surface area contributed by atoms with E-state index in [4.69, 9.17) is 0 Å². The highest BCUT2D eigenvalue weighted by Crippen LogP contribution is 2.34. The van der Waals surface area contributed by atoms with Crippen molar-refractivity contribution in [1.82, 2.24) is 10.2 Å². The summed E-state index contributed by atoms with van der Waals surface area (Å²) in [6.07, 6.45) is 6.93. The minimum absolute atomic E-state index is 0.185. The van der Waals surface area contributed by atoms with Crippen LogP contribution in [-0.4, -0.2) is 35.6 Å². The van der Waals surface area contributed by atoms with Crippen LogP contribution in [-0.2, 0) is 0 Å². The van der Waals surface area contributed by atoms with Crippen molar-refractivity contribution in [2.75, 3.05) is 11.9 Å². The Labute approximate surface area is 137 Å². The molecule has 2 bridgehead atoms. The number of hydrogen-bond donors (Lipinski definition) is 2. The van der Waals surface area contributed by atoms with Crippen LogP contribution in [0, 0.1) is 5.82 Å². The number of carbonyl (C=O) groups excluding carboxylic acids is 1. The first kappa shape index (κ1) is 16.2. The fourth-order valence-corrected chi connectivity index (χ4v) is 4.13. The topological polar surface area (TPSA) is 44.4 Å². The molecule has 2 fully saturated rings. The summed E-state index contributed by atoms with van der Waals surface area (Å²) in [7, 11) is 0. The largest absolute Gasteiger partial charge is 0.335 e. The third-order valence-electron chi connectivity index (χ3n) is 5.06. The number of fused-ring (bicyclic) bond motifs is 2. The van der Waals surface area contributed by atoms with Crippen LogP contribution in [0.5, 0.6) is 0 Å². The van der Waals surface area contributed by atoms with Crippen LogP contribution in [0.3, 0.4) is 0 Å². The summed E-state index contributed by atoms with van der Waals surface area (Å²) >= 11 is 0. The molecule has 1 aromatic carbocycles. The molecule has 0 aliphatic carbocycles. The number of halogens is 1. The normalized spacial score (nSPS) is 27.5. The molecule has 126 valence electrons. The molecule has 5 heteroatoms. The Morgan fingerprint density at radius 1 is 1.26 bits per heavy atom. The van der Waals surface area contributed by atoms with Gasteiger partial charge in [-0.2, -0.15) is 0 Å². The van der Waals surface area contributed by atoms with Gasteiger partial charge in [0.05, 0.1) is 5.69 Å². The van der Waals surface area contributed by atoms with Crippen LogP contribution < -0.4 is 10.6 Å². The average molecular weight is 319 g/mol. The predicted molar refractivity (Wildman–Crippen MR) is 90.0 cm³/mol. The second-order valence-electron chi connectivity index (χ2n) is 6.72. The Morgan fingerprint density at radius 3 is 2.61 bits per heavy atom. The highest BCUT2D eigenvalue weighted by Gasteiger charge is 2.38. The Hall–Kier alpha value is -1.62. The van der Waals surface area contributed by atoms with E-state index in [1.807, 2.05) is 0 Å². The number of rotatable bonds is 4. The first-order valence-electron chi connectivity index (χ1n) is 8.75. The molecule has 0 saturated carbocycles. The lowest BCUT2D eigenvalue weighted by molar-refractivity contribution is 0.0272. The van der Waals surface area contributed by atoms with E-state index in [0.29, 0.717) is 12.1 Å². The maximum Gasteiger partial charge on any atom is 0.319 e. The van der Waals surface area contributed by atoms with Gasteiger partial charge in [0.15, 0.2) is 0 Å². The third kappa shape index (κ3) is 3.83. The summed E-state index contributed by atoms with van der Waals surface area (Å²) in [5, 5.41) is 5.66. The van der Waals surface area contributed by atoms with Crippen LogP contribution in [0.25, 0.3) is 0 Å². The monoisotopic (exact) mass is 319 g/mol.